The molecule has 1 aliphatic carbocycles. The molecule has 3 nitrogen and oxygen atoms in total. The summed E-state index contributed by atoms with van der Waals surface area (Å²) in [6.45, 7) is 26.1. The highest BCUT2D eigenvalue weighted by atomic mass is 16.3. The van der Waals surface area contributed by atoms with Gasteiger partial charge in [-0.2, -0.15) is 0 Å². The molecule has 0 amide bonds. The third-order valence-electron chi connectivity index (χ3n) is 13.6. The number of para-hydroxylation sites is 2. The second kappa shape index (κ2) is 10.9. The van der Waals surface area contributed by atoms with E-state index in [4.69, 9.17) is 4.42 Å². The second-order valence-corrected chi connectivity index (χ2v) is 20.7. The Hall–Kier alpha value is -5.48. The van der Waals surface area contributed by atoms with Crippen molar-refractivity contribution in [3.8, 4) is 16.8 Å². The molecule has 0 fully saturated rings. The predicted octanol–water partition coefficient (Wildman–Crippen LogP) is 12.3. The number of nitrogens with zero attached hydrogens (tertiary/aromatic N) is 2. The molecule has 4 heterocycles. The average Bonchev–Trinajstić information content (AvgIpc) is 3.79. The fraction of sp³-hybridized carbons (Fsp3) is 0.283. The Morgan fingerprint density at radius 3 is 1.95 bits per heavy atom. The first-order chi connectivity index (χ1) is 26.9. The monoisotopic (exact) mass is 742 g/mol. The quantitative estimate of drug-likeness (QED) is 0.156. The molecule has 0 N–H and O–H groups in total. The van der Waals surface area contributed by atoms with E-state index in [1.54, 1.807) is 0 Å². The van der Waals surface area contributed by atoms with Crippen LogP contribution in [0.1, 0.15) is 104 Å². The molecule has 8 aromatic rings. The predicted molar refractivity (Wildman–Crippen MR) is 244 cm³/mol. The van der Waals surface area contributed by atoms with E-state index in [0.29, 0.717) is 0 Å². The molecule has 282 valence electrons. The number of hydrogen-bond donors (Lipinski definition) is 0. The van der Waals surface area contributed by atoms with Crippen LogP contribution < -0.4 is 21.3 Å². The maximum atomic E-state index is 6.88. The van der Waals surface area contributed by atoms with Gasteiger partial charge in [0.05, 0.1) is 5.69 Å². The summed E-state index contributed by atoms with van der Waals surface area (Å²) in [5.41, 5.74) is 21.4. The summed E-state index contributed by atoms with van der Waals surface area (Å²) >= 11 is 0. The van der Waals surface area contributed by atoms with Crippen molar-refractivity contribution in [1.82, 2.24) is 4.57 Å². The number of rotatable bonds is 1. The van der Waals surface area contributed by atoms with Gasteiger partial charge in [-0.05, 0) is 96.8 Å². The largest absolute Gasteiger partial charge is 0.454 e. The van der Waals surface area contributed by atoms with Gasteiger partial charge in [-0.1, -0.05) is 149 Å². The van der Waals surface area contributed by atoms with Crippen molar-refractivity contribution in [3.63, 3.8) is 0 Å². The van der Waals surface area contributed by atoms with Gasteiger partial charge in [0.2, 0.25) is 0 Å². The first kappa shape index (κ1) is 34.7. The van der Waals surface area contributed by atoms with E-state index in [-0.39, 0.29) is 28.4 Å². The van der Waals surface area contributed by atoms with Crippen LogP contribution in [-0.2, 0) is 21.7 Å². The normalized spacial score (nSPS) is 15.4. The highest BCUT2D eigenvalue weighted by molar-refractivity contribution is 7.00. The minimum absolute atomic E-state index is 0.0365. The van der Waals surface area contributed by atoms with E-state index >= 15 is 0 Å². The summed E-state index contributed by atoms with van der Waals surface area (Å²) < 4.78 is 9.59. The van der Waals surface area contributed by atoms with Crippen LogP contribution in [0.15, 0.2) is 114 Å². The van der Waals surface area contributed by atoms with Gasteiger partial charge in [0.15, 0.2) is 5.58 Å². The van der Waals surface area contributed by atoms with Gasteiger partial charge in [-0.25, -0.2) is 0 Å². The van der Waals surface area contributed by atoms with Gasteiger partial charge in [0.25, 0.3) is 6.71 Å². The highest BCUT2D eigenvalue weighted by Gasteiger charge is 2.48. The number of anilines is 3. The molecular weight excluding hydrogens is 691 g/mol. The highest BCUT2D eigenvalue weighted by Crippen LogP contribution is 2.55. The zero-order chi connectivity index (χ0) is 39.7. The van der Waals surface area contributed by atoms with Crippen LogP contribution in [0.25, 0.3) is 49.7 Å². The Labute approximate surface area is 337 Å². The molecule has 0 atom stereocenters. The summed E-state index contributed by atoms with van der Waals surface area (Å²) in [5.74, 6) is 0. The maximum Gasteiger partial charge on any atom is 0.252 e. The van der Waals surface area contributed by atoms with E-state index in [9.17, 15) is 0 Å². The first-order valence-corrected chi connectivity index (χ1v) is 20.8. The summed E-state index contributed by atoms with van der Waals surface area (Å²) in [6, 6.07) is 41.8. The lowest BCUT2D eigenvalue weighted by Crippen LogP contribution is -2.61. The fourth-order valence-electron chi connectivity index (χ4n) is 10.5. The van der Waals surface area contributed by atoms with E-state index in [0.717, 1.165) is 27.6 Å². The Balaban J connectivity index is 1.35. The molecule has 0 bridgehead atoms. The fourth-order valence-corrected chi connectivity index (χ4v) is 10.5. The summed E-state index contributed by atoms with van der Waals surface area (Å²) in [7, 11) is 0. The maximum absolute atomic E-state index is 6.88. The third kappa shape index (κ3) is 4.56. The number of benzene rings is 6. The zero-order valence-corrected chi connectivity index (χ0v) is 35.3. The zero-order valence-electron chi connectivity index (χ0n) is 35.3. The molecule has 0 saturated heterocycles. The lowest BCUT2D eigenvalue weighted by molar-refractivity contribution is 0.588. The topological polar surface area (TPSA) is 21.3 Å². The minimum atomic E-state index is -0.199. The molecule has 0 saturated carbocycles. The van der Waals surface area contributed by atoms with Gasteiger partial charge in [0, 0.05) is 55.4 Å². The Morgan fingerprint density at radius 2 is 1.19 bits per heavy atom. The van der Waals surface area contributed by atoms with Gasteiger partial charge in [0.1, 0.15) is 5.58 Å². The van der Waals surface area contributed by atoms with Crippen LogP contribution in [0.2, 0.25) is 0 Å². The number of fused-ring (bicyclic) bond motifs is 12. The van der Waals surface area contributed by atoms with Gasteiger partial charge in [-0.3, -0.25) is 0 Å². The van der Waals surface area contributed by atoms with E-state index < -0.39 is 0 Å². The lowest BCUT2D eigenvalue weighted by atomic mass is 9.33. The van der Waals surface area contributed by atoms with Crippen molar-refractivity contribution >= 4 is 73.0 Å². The van der Waals surface area contributed by atoms with E-state index in [1.165, 1.54) is 83.4 Å². The van der Waals surface area contributed by atoms with Crippen LogP contribution >= 0.6 is 0 Å². The van der Waals surface area contributed by atoms with Gasteiger partial charge < -0.3 is 13.9 Å². The van der Waals surface area contributed by atoms with Crippen molar-refractivity contribution < 1.29 is 4.42 Å². The van der Waals surface area contributed by atoms with Crippen molar-refractivity contribution in [1.29, 1.82) is 0 Å². The molecule has 4 heteroatoms. The molecule has 57 heavy (non-hydrogen) atoms. The van der Waals surface area contributed by atoms with Gasteiger partial charge in [-0.15, -0.1) is 0 Å². The number of furan rings is 1. The second-order valence-electron chi connectivity index (χ2n) is 20.7. The minimum Gasteiger partial charge on any atom is -0.454 e. The Bertz CT molecular complexity index is 3060. The SMILES string of the molecule is CC(C)(C)c1ccc2c(c1)N(c1cccc3c1oc1ccccc13)c1cc(C(C)(C)C)cc3c1B2c1cc(C(C)(C)C)cc2c4c(n-3c12)C(C)(C)c1ccccc1-4. The molecule has 0 spiro atoms. The molecule has 3 aliphatic rings. The van der Waals surface area contributed by atoms with Crippen molar-refractivity contribution in [3.05, 3.63) is 137 Å². The van der Waals surface area contributed by atoms with Crippen molar-refractivity contribution in [2.75, 3.05) is 4.90 Å². The molecule has 6 aromatic carbocycles. The summed E-state index contributed by atoms with van der Waals surface area (Å²) in [5, 5.41) is 3.67. The molecule has 0 unspecified atom stereocenters. The lowest BCUT2D eigenvalue weighted by Gasteiger charge is -2.42. The van der Waals surface area contributed by atoms with Crippen LogP contribution in [0.4, 0.5) is 17.1 Å². The van der Waals surface area contributed by atoms with Crippen LogP contribution in [0.3, 0.4) is 0 Å². The van der Waals surface area contributed by atoms with E-state index in [2.05, 4.69) is 195 Å². The standard InChI is InChI=1S/C53H51BN2O/c1-50(2,3)30-23-24-38-41(27-30)55(40-21-16-19-34-33-17-13-15-22-44(33)57-48(34)40)42-28-32(52(7,8)9)29-43-46(42)54(38)39-26-31(51(4,5)6)25-36-45-35-18-12-14-20-37(35)53(10,11)49(45)56(43)47(36)39/h12-29H,1-11H3. The summed E-state index contributed by atoms with van der Waals surface area (Å²) in [6.07, 6.45) is 0. The average molecular weight is 743 g/mol. The smallest absolute Gasteiger partial charge is 0.252 e. The molecule has 2 aliphatic heterocycles. The van der Waals surface area contributed by atoms with Crippen LogP contribution in [0.5, 0.6) is 0 Å². The molecule has 11 rings (SSSR count). The van der Waals surface area contributed by atoms with E-state index in [1.807, 2.05) is 0 Å². The first-order valence-electron chi connectivity index (χ1n) is 20.8. The molecular formula is C53H51BN2O. The van der Waals surface area contributed by atoms with Crippen LogP contribution in [-0.4, -0.2) is 11.3 Å². The number of hydrogen-bond acceptors (Lipinski definition) is 2. The molecule has 0 radical (unpaired) electrons. The number of aromatic nitrogens is 1. The van der Waals surface area contributed by atoms with Gasteiger partial charge >= 0.3 is 0 Å². The third-order valence-corrected chi connectivity index (χ3v) is 13.6. The van der Waals surface area contributed by atoms with Crippen molar-refractivity contribution in [2.45, 2.75) is 97.8 Å². The molecule has 2 aromatic heterocycles. The van der Waals surface area contributed by atoms with Crippen LogP contribution in [0, 0.1) is 0 Å². The van der Waals surface area contributed by atoms with Crippen molar-refractivity contribution in [2.24, 2.45) is 0 Å². The Morgan fingerprint density at radius 1 is 0.544 bits per heavy atom. The summed E-state index contributed by atoms with van der Waals surface area (Å²) in [4.78, 5) is 2.57. The Kier molecular flexibility index (Phi) is 6.66.